The van der Waals surface area contributed by atoms with E-state index < -0.39 is 0 Å². The Kier molecular flexibility index (Phi) is 4.15. The van der Waals surface area contributed by atoms with Gasteiger partial charge in [0.2, 0.25) is 0 Å². The van der Waals surface area contributed by atoms with E-state index in [1.807, 2.05) is 24.4 Å². The van der Waals surface area contributed by atoms with Crippen molar-refractivity contribution in [2.45, 2.75) is 13.0 Å². The molecule has 7 heteroatoms. The van der Waals surface area contributed by atoms with Gasteiger partial charge in [0.1, 0.15) is 10.7 Å². The monoisotopic (exact) mass is 311 g/mol. The van der Waals surface area contributed by atoms with Crippen LogP contribution in [0, 0.1) is 0 Å². The second kappa shape index (κ2) is 6.40. The third kappa shape index (κ3) is 3.15. The van der Waals surface area contributed by atoms with Crippen molar-refractivity contribution < 1.29 is 4.79 Å². The van der Waals surface area contributed by atoms with Crippen LogP contribution in [0.4, 0.5) is 0 Å². The zero-order valence-corrected chi connectivity index (χ0v) is 12.6. The van der Waals surface area contributed by atoms with Crippen molar-refractivity contribution >= 4 is 17.2 Å². The predicted molar refractivity (Wildman–Crippen MR) is 83.3 cm³/mol. The van der Waals surface area contributed by atoms with Gasteiger partial charge in [-0.2, -0.15) is 0 Å². The summed E-state index contributed by atoms with van der Waals surface area (Å²) in [5.41, 5.74) is 2.17. The molecule has 0 bridgehead atoms. The molecule has 1 atom stereocenters. The largest absolute Gasteiger partial charge is 0.342 e. The van der Waals surface area contributed by atoms with Crippen LogP contribution in [0.2, 0.25) is 0 Å². The summed E-state index contributed by atoms with van der Waals surface area (Å²) in [7, 11) is 0. The summed E-state index contributed by atoms with van der Waals surface area (Å²) in [6.45, 7) is 1.89. The van der Waals surface area contributed by atoms with Gasteiger partial charge in [0.15, 0.2) is 0 Å². The smallest absolute Gasteiger partial charge is 0.272 e. The number of amides is 1. The van der Waals surface area contributed by atoms with E-state index in [2.05, 4.69) is 25.3 Å². The number of carbonyl (C=O) groups excluding carboxylic acids is 1. The highest BCUT2D eigenvalue weighted by atomic mass is 32.1. The molecule has 3 aromatic heterocycles. The Morgan fingerprint density at radius 1 is 1.18 bits per heavy atom. The maximum Gasteiger partial charge on any atom is 0.272 e. The Labute approximate surface area is 131 Å². The van der Waals surface area contributed by atoms with Gasteiger partial charge in [-0.25, -0.2) is 9.97 Å². The van der Waals surface area contributed by atoms with Gasteiger partial charge in [-0.1, -0.05) is 0 Å². The van der Waals surface area contributed by atoms with Crippen LogP contribution in [0.5, 0.6) is 0 Å². The Balaban J connectivity index is 1.72. The summed E-state index contributed by atoms with van der Waals surface area (Å²) >= 11 is 1.51. The predicted octanol–water partition coefficient (Wildman–Crippen LogP) is 2.49. The van der Waals surface area contributed by atoms with E-state index in [-0.39, 0.29) is 11.9 Å². The molecule has 0 aromatic carbocycles. The molecule has 6 nitrogen and oxygen atoms in total. The first-order valence-corrected chi connectivity index (χ1v) is 7.54. The molecule has 110 valence electrons. The molecule has 0 unspecified atom stereocenters. The first kappa shape index (κ1) is 14.3. The lowest BCUT2D eigenvalue weighted by molar-refractivity contribution is 0.0934. The van der Waals surface area contributed by atoms with Crippen LogP contribution in [-0.2, 0) is 0 Å². The normalized spacial score (nSPS) is 11.9. The average molecular weight is 311 g/mol. The molecule has 0 fully saturated rings. The molecular weight excluding hydrogens is 298 g/mol. The lowest BCUT2D eigenvalue weighted by Crippen LogP contribution is -2.27. The number of aromatic nitrogens is 4. The van der Waals surface area contributed by atoms with Crippen LogP contribution in [0.1, 0.15) is 28.5 Å². The van der Waals surface area contributed by atoms with Crippen LogP contribution in [0.3, 0.4) is 0 Å². The summed E-state index contributed by atoms with van der Waals surface area (Å²) in [4.78, 5) is 28.5. The molecule has 3 rings (SSSR count). The summed E-state index contributed by atoms with van der Waals surface area (Å²) < 4.78 is 0. The van der Waals surface area contributed by atoms with E-state index in [0.29, 0.717) is 5.69 Å². The quantitative estimate of drug-likeness (QED) is 0.800. The standard InChI is InChI=1S/C15H13N5OS/c1-10(19-14(21)12-8-17-6-7-18-12)15-20-13(9-22-15)11-2-4-16-5-3-11/h2-10H,1H3,(H,19,21)/t10-/m0/s1. The minimum atomic E-state index is -0.263. The molecular formula is C15H13N5OS. The fourth-order valence-corrected chi connectivity index (χ4v) is 2.73. The van der Waals surface area contributed by atoms with E-state index in [4.69, 9.17) is 0 Å². The van der Waals surface area contributed by atoms with Gasteiger partial charge in [0.05, 0.1) is 17.9 Å². The van der Waals surface area contributed by atoms with E-state index in [0.717, 1.165) is 16.3 Å². The summed E-state index contributed by atoms with van der Waals surface area (Å²) in [5.74, 6) is -0.263. The second-order valence-electron chi connectivity index (χ2n) is 4.59. The van der Waals surface area contributed by atoms with Gasteiger partial charge < -0.3 is 5.32 Å². The van der Waals surface area contributed by atoms with Crippen molar-refractivity contribution in [3.8, 4) is 11.3 Å². The number of nitrogens with one attached hydrogen (secondary N) is 1. The molecule has 0 aliphatic carbocycles. The number of thiazole rings is 1. The van der Waals surface area contributed by atoms with Crippen LogP contribution in [0.15, 0.2) is 48.5 Å². The zero-order valence-electron chi connectivity index (χ0n) is 11.8. The highest BCUT2D eigenvalue weighted by Gasteiger charge is 2.16. The molecule has 1 N–H and O–H groups in total. The summed E-state index contributed by atoms with van der Waals surface area (Å²) in [6, 6.07) is 3.61. The number of rotatable bonds is 4. The van der Waals surface area contributed by atoms with Gasteiger partial charge in [0.25, 0.3) is 5.91 Å². The third-order valence-corrected chi connectivity index (χ3v) is 4.04. The van der Waals surface area contributed by atoms with Gasteiger partial charge >= 0.3 is 0 Å². The molecule has 0 saturated heterocycles. The van der Waals surface area contributed by atoms with Gasteiger partial charge in [0, 0.05) is 35.7 Å². The minimum Gasteiger partial charge on any atom is -0.342 e. The highest BCUT2D eigenvalue weighted by molar-refractivity contribution is 7.10. The van der Waals surface area contributed by atoms with Gasteiger partial charge in [-0.15, -0.1) is 11.3 Å². The second-order valence-corrected chi connectivity index (χ2v) is 5.48. The number of carbonyl (C=O) groups is 1. The Hall–Kier alpha value is -2.67. The maximum absolute atomic E-state index is 12.1. The van der Waals surface area contributed by atoms with Crippen molar-refractivity contribution in [3.63, 3.8) is 0 Å². The van der Waals surface area contributed by atoms with E-state index in [1.165, 1.54) is 29.9 Å². The fourth-order valence-electron chi connectivity index (χ4n) is 1.89. The molecule has 0 aliphatic rings. The molecule has 22 heavy (non-hydrogen) atoms. The number of hydrogen-bond acceptors (Lipinski definition) is 6. The van der Waals surface area contributed by atoms with Crippen LogP contribution in [0.25, 0.3) is 11.3 Å². The zero-order chi connectivity index (χ0) is 15.4. The molecule has 0 saturated carbocycles. The van der Waals surface area contributed by atoms with E-state index in [1.54, 1.807) is 12.4 Å². The Morgan fingerprint density at radius 2 is 2.00 bits per heavy atom. The number of pyridine rings is 1. The molecule has 1 amide bonds. The van der Waals surface area contributed by atoms with Gasteiger partial charge in [-0.05, 0) is 19.1 Å². The van der Waals surface area contributed by atoms with Gasteiger partial charge in [-0.3, -0.25) is 14.8 Å². The Bertz CT molecular complexity index is 760. The minimum absolute atomic E-state index is 0.199. The van der Waals surface area contributed by atoms with Crippen molar-refractivity contribution in [1.82, 2.24) is 25.3 Å². The topological polar surface area (TPSA) is 80.7 Å². The van der Waals surface area contributed by atoms with Crippen molar-refractivity contribution in [3.05, 3.63) is 59.2 Å². The van der Waals surface area contributed by atoms with Crippen LogP contribution in [-0.4, -0.2) is 25.8 Å². The number of hydrogen-bond donors (Lipinski definition) is 1. The van der Waals surface area contributed by atoms with E-state index in [9.17, 15) is 4.79 Å². The first-order chi connectivity index (χ1) is 10.7. The highest BCUT2D eigenvalue weighted by Crippen LogP contribution is 2.25. The fraction of sp³-hybridized carbons (Fsp3) is 0.133. The average Bonchev–Trinajstić information content (AvgIpc) is 3.06. The summed E-state index contributed by atoms with van der Waals surface area (Å²) in [5, 5.41) is 5.68. The molecule has 3 heterocycles. The third-order valence-electron chi connectivity index (χ3n) is 3.01. The first-order valence-electron chi connectivity index (χ1n) is 6.67. The SMILES string of the molecule is C[C@H](NC(=O)c1cnccn1)c1nc(-c2ccncc2)cs1. The van der Waals surface area contributed by atoms with Crippen molar-refractivity contribution in [2.75, 3.05) is 0 Å². The lowest BCUT2D eigenvalue weighted by Gasteiger charge is -2.10. The Morgan fingerprint density at radius 3 is 2.73 bits per heavy atom. The van der Waals surface area contributed by atoms with Crippen molar-refractivity contribution in [1.29, 1.82) is 0 Å². The molecule has 0 spiro atoms. The number of nitrogens with zero attached hydrogens (tertiary/aromatic N) is 4. The lowest BCUT2D eigenvalue weighted by atomic mass is 10.2. The molecule has 0 aliphatic heterocycles. The van der Waals surface area contributed by atoms with Crippen LogP contribution >= 0.6 is 11.3 Å². The molecule has 3 aromatic rings. The maximum atomic E-state index is 12.1. The van der Waals surface area contributed by atoms with E-state index >= 15 is 0 Å². The van der Waals surface area contributed by atoms with Crippen LogP contribution < -0.4 is 5.32 Å². The summed E-state index contributed by atoms with van der Waals surface area (Å²) in [6.07, 6.45) is 7.92. The van der Waals surface area contributed by atoms with Crippen molar-refractivity contribution in [2.24, 2.45) is 0 Å². The molecule has 0 radical (unpaired) electrons.